The molecule has 1 fully saturated rings. The Bertz CT molecular complexity index is 1060. The van der Waals surface area contributed by atoms with Gasteiger partial charge in [0.25, 0.3) is 5.91 Å². The summed E-state index contributed by atoms with van der Waals surface area (Å²) in [6.07, 6.45) is 2.47. The molecule has 2 aliphatic rings. The molecule has 1 atom stereocenters. The van der Waals surface area contributed by atoms with E-state index in [2.05, 4.69) is 6.92 Å². The standard InChI is InChI=1S/C23H28N2O4S/c1-16-10-12-24(13-11-16)30(27,28)19-8-9-22(29-3)20(15-19)23(26)25-17(2)14-18-6-4-5-7-21(18)25/h4-9,15-17H,10-14H2,1-3H3. The third-order valence-electron chi connectivity index (χ3n) is 6.21. The van der Waals surface area contributed by atoms with Crippen LogP contribution in [0.1, 0.15) is 42.6 Å². The molecular weight excluding hydrogens is 400 g/mol. The fourth-order valence-electron chi connectivity index (χ4n) is 4.39. The maximum absolute atomic E-state index is 13.5. The molecule has 0 saturated carbocycles. The van der Waals surface area contributed by atoms with Crippen molar-refractivity contribution in [1.82, 2.24) is 4.31 Å². The van der Waals surface area contributed by atoms with Crippen LogP contribution in [0.4, 0.5) is 5.69 Å². The molecule has 1 unspecified atom stereocenters. The van der Waals surface area contributed by atoms with Gasteiger partial charge in [0.1, 0.15) is 5.75 Å². The van der Waals surface area contributed by atoms with Crippen molar-refractivity contribution < 1.29 is 17.9 Å². The Morgan fingerprint density at radius 1 is 1.07 bits per heavy atom. The molecule has 1 amide bonds. The second-order valence-corrected chi connectivity index (χ2v) is 10.2. The van der Waals surface area contributed by atoms with Crippen LogP contribution in [-0.2, 0) is 16.4 Å². The van der Waals surface area contributed by atoms with Crippen molar-refractivity contribution in [3.8, 4) is 5.75 Å². The van der Waals surface area contributed by atoms with Gasteiger partial charge in [0.05, 0.1) is 17.6 Å². The number of benzene rings is 2. The molecule has 1 saturated heterocycles. The fraction of sp³-hybridized carbons (Fsp3) is 0.435. The van der Waals surface area contributed by atoms with Gasteiger partial charge in [-0.3, -0.25) is 4.79 Å². The van der Waals surface area contributed by atoms with E-state index in [1.807, 2.05) is 31.2 Å². The van der Waals surface area contributed by atoms with Crippen molar-refractivity contribution in [2.24, 2.45) is 5.92 Å². The first kappa shape index (κ1) is 20.9. The van der Waals surface area contributed by atoms with Gasteiger partial charge < -0.3 is 9.64 Å². The predicted octanol–water partition coefficient (Wildman–Crippen LogP) is 3.71. The van der Waals surface area contributed by atoms with Crippen LogP contribution in [0.3, 0.4) is 0 Å². The first-order chi connectivity index (χ1) is 14.3. The average molecular weight is 429 g/mol. The summed E-state index contributed by atoms with van der Waals surface area (Å²) in [6, 6.07) is 12.4. The number of nitrogens with zero attached hydrogens (tertiary/aromatic N) is 2. The van der Waals surface area contributed by atoms with Crippen LogP contribution in [-0.4, -0.2) is 44.9 Å². The summed E-state index contributed by atoms with van der Waals surface area (Å²) >= 11 is 0. The Kier molecular flexibility index (Phi) is 5.59. The molecule has 0 radical (unpaired) electrons. The van der Waals surface area contributed by atoms with Crippen LogP contribution in [0, 0.1) is 5.92 Å². The molecule has 2 aromatic rings. The molecule has 6 nitrogen and oxygen atoms in total. The third-order valence-corrected chi connectivity index (χ3v) is 8.10. The average Bonchev–Trinajstić information content (AvgIpc) is 3.08. The van der Waals surface area contributed by atoms with E-state index in [0.717, 1.165) is 30.5 Å². The maximum Gasteiger partial charge on any atom is 0.262 e. The van der Waals surface area contributed by atoms with Crippen LogP contribution in [0.25, 0.3) is 0 Å². The minimum absolute atomic E-state index is 0.0107. The van der Waals surface area contributed by atoms with E-state index < -0.39 is 10.0 Å². The maximum atomic E-state index is 13.5. The van der Waals surface area contributed by atoms with E-state index in [9.17, 15) is 13.2 Å². The summed E-state index contributed by atoms with van der Waals surface area (Å²) in [7, 11) is -2.16. The number of amides is 1. The lowest BCUT2D eigenvalue weighted by atomic mass is 10.0. The van der Waals surface area contributed by atoms with Crippen LogP contribution >= 0.6 is 0 Å². The highest BCUT2D eigenvalue weighted by Crippen LogP contribution is 2.35. The first-order valence-corrected chi connectivity index (χ1v) is 11.9. The Balaban J connectivity index is 1.71. The molecular formula is C23H28N2O4S. The van der Waals surface area contributed by atoms with E-state index in [1.54, 1.807) is 11.0 Å². The van der Waals surface area contributed by atoms with Crippen LogP contribution in [0.5, 0.6) is 5.75 Å². The van der Waals surface area contributed by atoms with Crippen molar-refractivity contribution in [2.75, 3.05) is 25.1 Å². The van der Waals surface area contributed by atoms with Gasteiger partial charge in [0.2, 0.25) is 10.0 Å². The number of carbonyl (C=O) groups is 1. The highest BCUT2D eigenvalue weighted by atomic mass is 32.2. The zero-order valence-corrected chi connectivity index (χ0v) is 18.5. The van der Waals surface area contributed by atoms with E-state index in [4.69, 9.17) is 4.74 Å². The molecule has 4 rings (SSSR count). The van der Waals surface area contributed by atoms with Crippen molar-refractivity contribution in [3.05, 3.63) is 53.6 Å². The second-order valence-electron chi connectivity index (χ2n) is 8.31. The summed E-state index contributed by atoms with van der Waals surface area (Å²) in [5.74, 6) is 0.664. The van der Waals surface area contributed by atoms with Gasteiger partial charge in [-0.2, -0.15) is 4.31 Å². The van der Waals surface area contributed by atoms with Gasteiger partial charge in [-0.1, -0.05) is 25.1 Å². The molecule has 2 heterocycles. The number of ether oxygens (including phenoxy) is 1. The summed E-state index contributed by atoms with van der Waals surface area (Å²) < 4.78 is 33.4. The zero-order chi connectivity index (χ0) is 21.5. The summed E-state index contributed by atoms with van der Waals surface area (Å²) in [5, 5.41) is 0. The number of fused-ring (bicyclic) bond motifs is 1. The minimum atomic E-state index is -3.66. The molecule has 2 aliphatic heterocycles. The third kappa shape index (κ3) is 3.61. The largest absolute Gasteiger partial charge is 0.496 e. The fourth-order valence-corrected chi connectivity index (χ4v) is 5.89. The Hall–Kier alpha value is -2.38. The van der Waals surface area contributed by atoms with Crippen molar-refractivity contribution >= 4 is 21.6 Å². The van der Waals surface area contributed by atoms with Gasteiger partial charge in [-0.15, -0.1) is 0 Å². The lowest BCUT2D eigenvalue weighted by molar-refractivity contribution is 0.0978. The second kappa shape index (κ2) is 8.04. The molecule has 0 N–H and O–H groups in total. The van der Waals surface area contributed by atoms with E-state index in [0.29, 0.717) is 24.8 Å². The summed E-state index contributed by atoms with van der Waals surface area (Å²) in [6.45, 7) is 5.16. The van der Waals surface area contributed by atoms with Crippen LogP contribution < -0.4 is 9.64 Å². The van der Waals surface area contributed by atoms with Crippen LogP contribution in [0.2, 0.25) is 0 Å². The smallest absolute Gasteiger partial charge is 0.262 e. The van der Waals surface area contributed by atoms with Gasteiger partial charge in [-0.05, 0) is 61.9 Å². The number of rotatable bonds is 4. The molecule has 0 aliphatic carbocycles. The highest BCUT2D eigenvalue weighted by molar-refractivity contribution is 7.89. The van der Waals surface area contributed by atoms with E-state index >= 15 is 0 Å². The molecule has 0 bridgehead atoms. The monoisotopic (exact) mass is 428 g/mol. The number of sulfonamides is 1. The molecule has 30 heavy (non-hydrogen) atoms. The lowest BCUT2D eigenvalue weighted by Crippen LogP contribution is -2.38. The molecule has 160 valence electrons. The van der Waals surface area contributed by atoms with Crippen molar-refractivity contribution in [3.63, 3.8) is 0 Å². The van der Waals surface area contributed by atoms with Crippen molar-refractivity contribution in [2.45, 2.75) is 44.0 Å². The van der Waals surface area contributed by atoms with Crippen LogP contribution in [0.15, 0.2) is 47.4 Å². The van der Waals surface area contributed by atoms with E-state index in [1.165, 1.54) is 23.5 Å². The first-order valence-electron chi connectivity index (χ1n) is 10.4. The summed E-state index contributed by atoms with van der Waals surface area (Å²) in [4.78, 5) is 15.4. The van der Waals surface area contributed by atoms with Gasteiger partial charge in [-0.25, -0.2) is 8.42 Å². The lowest BCUT2D eigenvalue weighted by Gasteiger charge is -2.29. The van der Waals surface area contributed by atoms with Gasteiger partial charge in [0, 0.05) is 24.8 Å². The van der Waals surface area contributed by atoms with E-state index in [-0.39, 0.29) is 22.4 Å². The molecule has 0 aromatic heterocycles. The Labute approximate surface area is 178 Å². The topological polar surface area (TPSA) is 66.9 Å². The SMILES string of the molecule is COc1ccc(S(=O)(=O)N2CCC(C)CC2)cc1C(=O)N1c2ccccc2CC1C. The Morgan fingerprint density at radius 3 is 2.47 bits per heavy atom. The molecule has 0 spiro atoms. The number of piperidine rings is 1. The number of para-hydroxylation sites is 1. The molecule has 7 heteroatoms. The Morgan fingerprint density at radius 2 is 1.77 bits per heavy atom. The normalized spacial score (nSPS) is 20.2. The summed E-state index contributed by atoms with van der Waals surface area (Å²) in [5.41, 5.74) is 2.26. The molecule has 2 aromatic carbocycles. The van der Waals surface area contributed by atoms with Gasteiger partial charge >= 0.3 is 0 Å². The number of hydrogen-bond donors (Lipinski definition) is 0. The zero-order valence-electron chi connectivity index (χ0n) is 17.7. The minimum Gasteiger partial charge on any atom is -0.496 e. The number of methoxy groups -OCH3 is 1. The number of anilines is 1. The number of carbonyl (C=O) groups excluding carboxylic acids is 1. The highest BCUT2D eigenvalue weighted by Gasteiger charge is 2.34. The predicted molar refractivity (Wildman–Crippen MR) is 117 cm³/mol. The van der Waals surface area contributed by atoms with Crippen molar-refractivity contribution in [1.29, 1.82) is 0 Å². The van der Waals surface area contributed by atoms with Gasteiger partial charge in [0.15, 0.2) is 0 Å². The number of hydrogen-bond acceptors (Lipinski definition) is 4. The quantitative estimate of drug-likeness (QED) is 0.745.